The first-order valence-corrected chi connectivity index (χ1v) is 10.4. The zero-order valence-corrected chi connectivity index (χ0v) is 18.1. The van der Waals surface area contributed by atoms with Gasteiger partial charge >= 0.3 is 5.97 Å². The first-order valence-electron chi connectivity index (χ1n) is 9.51. The van der Waals surface area contributed by atoms with E-state index in [1.165, 1.54) is 12.7 Å². The van der Waals surface area contributed by atoms with Crippen molar-refractivity contribution in [1.82, 2.24) is 10.3 Å². The van der Waals surface area contributed by atoms with Gasteiger partial charge in [-0.15, -0.1) is 11.3 Å². The van der Waals surface area contributed by atoms with Gasteiger partial charge < -0.3 is 9.72 Å². The Kier molecular flexibility index (Phi) is 6.35. The maximum Gasteiger partial charge on any atom is 0.339 e. The van der Waals surface area contributed by atoms with Gasteiger partial charge in [-0.05, 0) is 50.3 Å². The summed E-state index contributed by atoms with van der Waals surface area (Å²) in [7, 11) is 1.34. The number of benzene rings is 1. The minimum atomic E-state index is -0.453. The van der Waals surface area contributed by atoms with Crippen LogP contribution >= 0.6 is 11.3 Å². The molecule has 0 aliphatic heterocycles. The molecule has 0 bridgehead atoms. The predicted molar refractivity (Wildman–Crippen MR) is 116 cm³/mol. The molecule has 29 heavy (non-hydrogen) atoms. The second-order valence-corrected chi connectivity index (χ2v) is 8.21. The Labute approximate surface area is 175 Å². The number of esters is 1. The molecule has 3 rings (SSSR count). The summed E-state index contributed by atoms with van der Waals surface area (Å²) in [5.74, 6) is -0.526. The van der Waals surface area contributed by atoms with E-state index in [0.717, 1.165) is 10.4 Å². The third kappa shape index (κ3) is 4.33. The summed E-state index contributed by atoms with van der Waals surface area (Å²) in [6.45, 7) is 7.45. The van der Waals surface area contributed by atoms with E-state index in [0.29, 0.717) is 22.5 Å². The van der Waals surface area contributed by atoms with Gasteiger partial charge in [-0.1, -0.05) is 35.9 Å². The molecule has 0 aliphatic carbocycles. The number of aryl methyl sites for hydroxylation is 2. The molecule has 0 amide bonds. The fourth-order valence-electron chi connectivity index (χ4n) is 3.50. The fraction of sp³-hybridized carbons (Fsp3) is 0.304. The number of aromatic amines is 1. The average molecular weight is 411 g/mol. The highest BCUT2D eigenvalue weighted by atomic mass is 32.1. The molecule has 0 spiro atoms. The lowest BCUT2D eigenvalue weighted by Gasteiger charge is -2.22. The Morgan fingerprint density at radius 1 is 1.10 bits per heavy atom. The molecular weight excluding hydrogens is 384 g/mol. The van der Waals surface area contributed by atoms with Gasteiger partial charge in [0.1, 0.15) is 0 Å². The molecule has 3 aromatic rings. The minimum Gasteiger partial charge on any atom is -0.465 e. The van der Waals surface area contributed by atoms with E-state index < -0.39 is 12.0 Å². The van der Waals surface area contributed by atoms with Crippen molar-refractivity contribution in [2.45, 2.75) is 39.8 Å². The van der Waals surface area contributed by atoms with E-state index in [1.54, 1.807) is 25.2 Å². The number of Topliss-reactive ketones (excluding diaryl/α,β-unsaturated/α-hetero) is 1. The first-order chi connectivity index (χ1) is 13.8. The number of methoxy groups -OCH3 is 1. The Balaban J connectivity index is 1.89. The Morgan fingerprint density at radius 3 is 2.38 bits per heavy atom. The highest BCUT2D eigenvalue weighted by molar-refractivity contribution is 7.10. The second kappa shape index (κ2) is 8.76. The highest BCUT2D eigenvalue weighted by Gasteiger charge is 2.27. The smallest absolute Gasteiger partial charge is 0.339 e. The van der Waals surface area contributed by atoms with Gasteiger partial charge in [0.25, 0.3) is 0 Å². The predicted octanol–water partition coefficient (Wildman–Crippen LogP) is 4.74. The van der Waals surface area contributed by atoms with Crippen molar-refractivity contribution in [1.29, 1.82) is 0 Å². The van der Waals surface area contributed by atoms with E-state index in [2.05, 4.69) is 47.6 Å². The number of hydrogen-bond donors (Lipinski definition) is 2. The summed E-state index contributed by atoms with van der Waals surface area (Å²) in [6.07, 6.45) is 0. The number of hydrogen-bond acceptors (Lipinski definition) is 5. The van der Waals surface area contributed by atoms with Crippen molar-refractivity contribution < 1.29 is 14.3 Å². The third-order valence-electron chi connectivity index (χ3n) is 5.12. The van der Waals surface area contributed by atoms with Gasteiger partial charge in [-0.25, -0.2) is 4.79 Å². The van der Waals surface area contributed by atoms with Crippen LogP contribution in [0.2, 0.25) is 0 Å². The maximum atomic E-state index is 13.2. The normalized spacial score (nSPS) is 13.1. The molecule has 0 aliphatic rings. The molecule has 6 heteroatoms. The maximum absolute atomic E-state index is 13.2. The quantitative estimate of drug-likeness (QED) is 0.436. The van der Waals surface area contributed by atoms with E-state index in [9.17, 15) is 9.59 Å². The van der Waals surface area contributed by atoms with Crippen LogP contribution in [0.3, 0.4) is 0 Å². The van der Waals surface area contributed by atoms with Crippen molar-refractivity contribution in [2.75, 3.05) is 7.11 Å². The number of H-pyrrole nitrogens is 1. The van der Waals surface area contributed by atoms with Crippen molar-refractivity contribution in [3.8, 4) is 0 Å². The van der Waals surface area contributed by atoms with Crippen molar-refractivity contribution in [3.63, 3.8) is 0 Å². The minimum absolute atomic E-state index is 0.0885. The van der Waals surface area contributed by atoms with Crippen LogP contribution in [0.5, 0.6) is 0 Å². The van der Waals surface area contributed by atoms with Crippen LogP contribution < -0.4 is 5.32 Å². The van der Waals surface area contributed by atoms with Crippen LogP contribution in [0.25, 0.3) is 0 Å². The summed E-state index contributed by atoms with van der Waals surface area (Å²) < 4.78 is 4.85. The molecule has 2 N–H and O–H groups in total. The van der Waals surface area contributed by atoms with Crippen LogP contribution in [0, 0.1) is 20.8 Å². The van der Waals surface area contributed by atoms with Crippen molar-refractivity contribution in [3.05, 3.63) is 80.3 Å². The Bertz CT molecular complexity index is 1000. The zero-order chi connectivity index (χ0) is 21.1. The topological polar surface area (TPSA) is 71.2 Å². The number of aromatic nitrogens is 1. The molecule has 0 unspecified atom stereocenters. The molecule has 0 saturated carbocycles. The van der Waals surface area contributed by atoms with E-state index in [1.807, 2.05) is 18.4 Å². The lowest BCUT2D eigenvalue weighted by atomic mass is 10.0. The van der Waals surface area contributed by atoms with Gasteiger partial charge in [0.2, 0.25) is 0 Å². The number of ketones is 1. The van der Waals surface area contributed by atoms with Crippen LogP contribution in [0.4, 0.5) is 0 Å². The third-order valence-corrected chi connectivity index (χ3v) is 6.06. The average Bonchev–Trinajstić information content (AvgIpc) is 3.34. The summed E-state index contributed by atoms with van der Waals surface area (Å²) in [6, 6.07) is 11.9. The summed E-state index contributed by atoms with van der Waals surface area (Å²) in [5.41, 5.74) is 4.42. The molecule has 0 saturated heterocycles. The molecule has 2 heterocycles. The van der Waals surface area contributed by atoms with Crippen LogP contribution in [0.15, 0.2) is 41.8 Å². The van der Waals surface area contributed by atoms with Crippen LogP contribution in [0.1, 0.15) is 61.1 Å². The van der Waals surface area contributed by atoms with Gasteiger partial charge in [0, 0.05) is 10.6 Å². The highest BCUT2D eigenvalue weighted by Crippen LogP contribution is 2.28. The largest absolute Gasteiger partial charge is 0.465 e. The molecule has 0 fully saturated rings. The van der Waals surface area contributed by atoms with Gasteiger partial charge in [0.15, 0.2) is 5.78 Å². The Hall–Kier alpha value is -2.70. The molecule has 2 aromatic heterocycles. The molecule has 5 nitrogen and oxygen atoms in total. The van der Waals surface area contributed by atoms with Crippen molar-refractivity contribution >= 4 is 23.1 Å². The number of thiophene rings is 1. The van der Waals surface area contributed by atoms with E-state index in [-0.39, 0.29) is 11.8 Å². The van der Waals surface area contributed by atoms with E-state index >= 15 is 0 Å². The van der Waals surface area contributed by atoms with E-state index in [4.69, 9.17) is 4.74 Å². The molecule has 1 aromatic carbocycles. The van der Waals surface area contributed by atoms with Crippen molar-refractivity contribution in [2.24, 2.45) is 0 Å². The molecular formula is C23H26N2O3S. The molecule has 2 atom stereocenters. The molecule has 0 radical (unpaired) electrons. The number of carbonyl (C=O) groups excluding carboxylic acids is 2. The van der Waals surface area contributed by atoms with Gasteiger partial charge in [-0.2, -0.15) is 0 Å². The molecule has 152 valence electrons. The lowest BCUT2D eigenvalue weighted by Crippen LogP contribution is -2.37. The summed E-state index contributed by atoms with van der Waals surface area (Å²) >= 11 is 1.65. The zero-order valence-electron chi connectivity index (χ0n) is 17.3. The summed E-state index contributed by atoms with van der Waals surface area (Å²) in [5, 5.41) is 5.51. The van der Waals surface area contributed by atoms with Gasteiger partial charge in [0.05, 0.1) is 30.5 Å². The number of ether oxygens (including phenoxy) is 1. The first kappa shape index (κ1) is 21.0. The second-order valence-electron chi connectivity index (χ2n) is 7.23. The lowest BCUT2D eigenvalue weighted by molar-refractivity contribution is 0.0599. The monoisotopic (exact) mass is 410 g/mol. The van der Waals surface area contributed by atoms with Crippen LogP contribution in [-0.2, 0) is 4.74 Å². The van der Waals surface area contributed by atoms with Crippen LogP contribution in [-0.4, -0.2) is 29.9 Å². The SMILES string of the molecule is COC(=O)c1c(C)[nH]c(C(=O)[C@@H](C)N[C@@H](c2ccc(C)cc2)c2cccs2)c1C. The standard InChI is InChI=1S/C23H26N2O3S/c1-13-8-10-17(11-9-13)21(18-7-6-12-29-18)25-16(4)22(26)20-14(2)19(15(3)24-20)23(27)28-5/h6-12,16,21,24-25H,1-5H3/t16-,21+/m1/s1. The fourth-order valence-corrected chi connectivity index (χ4v) is 4.32. The van der Waals surface area contributed by atoms with Gasteiger partial charge in [-0.3, -0.25) is 10.1 Å². The Morgan fingerprint density at radius 2 is 1.79 bits per heavy atom. The number of nitrogens with one attached hydrogen (secondary N) is 2. The number of rotatable bonds is 7. The summed E-state index contributed by atoms with van der Waals surface area (Å²) in [4.78, 5) is 29.4. The number of carbonyl (C=O) groups is 2.